The van der Waals surface area contributed by atoms with Gasteiger partial charge in [-0.15, -0.1) is 0 Å². The van der Waals surface area contributed by atoms with Crippen LogP contribution < -0.4 is 0 Å². The first kappa shape index (κ1) is 13.1. The molecular formula is C12H10BrF3N2. The third kappa shape index (κ3) is 2.43. The zero-order chi connectivity index (χ0) is 13.3. The van der Waals surface area contributed by atoms with Crippen LogP contribution in [0.15, 0.2) is 35.1 Å². The second-order valence-electron chi connectivity index (χ2n) is 3.73. The third-order valence-electron chi connectivity index (χ3n) is 2.56. The van der Waals surface area contributed by atoms with Gasteiger partial charge in [-0.05, 0) is 18.2 Å². The molecule has 18 heavy (non-hydrogen) atoms. The van der Waals surface area contributed by atoms with Crippen molar-refractivity contribution in [3.05, 3.63) is 46.5 Å². The van der Waals surface area contributed by atoms with Crippen molar-refractivity contribution in [1.29, 1.82) is 0 Å². The molecule has 1 heterocycles. The molecule has 0 amide bonds. The molecule has 0 atom stereocenters. The SMILES string of the molecule is CCc1nccn1-c1ccc(Br)cc1C(F)(F)F. The number of benzene rings is 1. The molecule has 0 N–H and O–H groups in total. The lowest BCUT2D eigenvalue weighted by Crippen LogP contribution is -2.12. The van der Waals surface area contributed by atoms with E-state index >= 15 is 0 Å². The Morgan fingerprint density at radius 3 is 2.67 bits per heavy atom. The lowest BCUT2D eigenvalue weighted by Gasteiger charge is -2.15. The average Bonchev–Trinajstić information content (AvgIpc) is 2.75. The van der Waals surface area contributed by atoms with E-state index in [1.807, 2.05) is 6.92 Å². The van der Waals surface area contributed by atoms with Gasteiger partial charge in [0.05, 0.1) is 11.3 Å². The first-order valence-corrected chi connectivity index (χ1v) is 6.12. The van der Waals surface area contributed by atoms with Crippen LogP contribution in [0.4, 0.5) is 13.2 Å². The zero-order valence-electron chi connectivity index (χ0n) is 9.50. The summed E-state index contributed by atoms with van der Waals surface area (Å²) in [4.78, 5) is 4.04. The van der Waals surface area contributed by atoms with E-state index in [4.69, 9.17) is 0 Å². The molecule has 0 saturated heterocycles. The van der Waals surface area contributed by atoms with Crippen molar-refractivity contribution < 1.29 is 13.2 Å². The second kappa shape index (κ2) is 4.76. The number of nitrogens with zero attached hydrogens (tertiary/aromatic N) is 2. The number of aryl methyl sites for hydroxylation is 1. The number of hydrogen-bond acceptors (Lipinski definition) is 1. The molecule has 6 heteroatoms. The van der Waals surface area contributed by atoms with Crippen LogP contribution in [0.2, 0.25) is 0 Å². The van der Waals surface area contributed by atoms with E-state index in [-0.39, 0.29) is 5.69 Å². The van der Waals surface area contributed by atoms with E-state index in [9.17, 15) is 13.2 Å². The molecule has 2 rings (SSSR count). The van der Waals surface area contributed by atoms with Gasteiger partial charge in [-0.1, -0.05) is 22.9 Å². The predicted octanol–water partition coefficient (Wildman–Crippen LogP) is 4.22. The molecule has 0 radical (unpaired) electrons. The number of hydrogen-bond donors (Lipinski definition) is 0. The van der Waals surface area contributed by atoms with Crippen molar-refractivity contribution >= 4 is 15.9 Å². The average molecular weight is 319 g/mol. The van der Waals surface area contributed by atoms with Crippen LogP contribution in [0.3, 0.4) is 0 Å². The number of imidazole rings is 1. The summed E-state index contributed by atoms with van der Waals surface area (Å²) in [6, 6.07) is 4.10. The van der Waals surface area contributed by atoms with Crippen LogP contribution in [0.5, 0.6) is 0 Å². The van der Waals surface area contributed by atoms with Crippen LogP contribution in [0.25, 0.3) is 5.69 Å². The summed E-state index contributed by atoms with van der Waals surface area (Å²) in [5, 5.41) is 0. The third-order valence-corrected chi connectivity index (χ3v) is 3.05. The Morgan fingerprint density at radius 1 is 1.33 bits per heavy atom. The van der Waals surface area contributed by atoms with E-state index in [0.29, 0.717) is 16.7 Å². The topological polar surface area (TPSA) is 17.8 Å². The Labute approximate surface area is 111 Å². The molecule has 1 aromatic carbocycles. The summed E-state index contributed by atoms with van der Waals surface area (Å²) in [6.07, 6.45) is -0.785. The first-order chi connectivity index (χ1) is 8.43. The van der Waals surface area contributed by atoms with Crippen molar-refractivity contribution in [1.82, 2.24) is 9.55 Å². The van der Waals surface area contributed by atoms with Crippen LogP contribution >= 0.6 is 15.9 Å². The molecule has 0 spiro atoms. The lowest BCUT2D eigenvalue weighted by atomic mass is 10.1. The maximum atomic E-state index is 13.0. The molecule has 0 saturated carbocycles. The van der Waals surface area contributed by atoms with E-state index in [2.05, 4.69) is 20.9 Å². The maximum Gasteiger partial charge on any atom is 0.418 e. The summed E-state index contributed by atoms with van der Waals surface area (Å²) in [5.74, 6) is 0.600. The molecule has 0 bridgehead atoms. The number of rotatable bonds is 2. The highest BCUT2D eigenvalue weighted by atomic mass is 79.9. The Hall–Kier alpha value is -1.30. The summed E-state index contributed by atoms with van der Waals surface area (Å²) >= 11 is 3.06. The Balaban J connectivity index is 2.65. The molecule has 96 valence electrons. The van der Waals surface area contributed by atoms with Gasteiger partial charge in [0.1, 0.15) is 5.82 Å². The fraction of sp³-hybridized carbons (Fsp3) is 0.250. The molecule has 0 aliphatic carbocycles. The minimum absolute atomic E-state index is 0.0973. The van der Waals surface area contributed by atoms with Gasteiger partial charge in [0.15, 0.2) is 0 Å². The Kier molecular flexibility index (Phi) is 3.47. The van der Waals surface area contributed by atoms with Crippen molar-refractivity contribution in [2.24, 2.45) is 0 Å². The van der Waals surface area contributed by atoms with E-state index < -0.39 is 11.7 Å². The van der Waals surface area contributed by atoms with E-state index in [0.717, 1.165) is 6.07 Å². The van der Waals surface area contributed by atoms with Gasteiger partial charge in [0.2, 0.25) is 0 Å². The minimum atomic E-state index is -4.39. The lowest BCUT2D eigenvalue weighted by molar-refractivity contribution is -0.137. The molecule has 0 aliphatic heterocycles. The Morgan fingerprint density at radius 2 is 2.06 bits per heavy atom. The molecule has 1 aromatic heterocycles. The van der Waals surface area contributed by atoms with Crippen molar-refractivity contribution in [3.63, 3.8) is 0 Å². The number of halogens is 4. The quantitative estimate of drug-likeness (QED) is 0.810. The molecule has 0 unspecified atom stereocenters. The molecule has 2 aromatic rings. The standard InChI is InChI=1S/C12H10BrF3N2/c1-2-11-17-5-6-18(11)10-4-3-8(13)7-9(10)12(14,15)16/h3-7H,2H2,1H3. The first-order valence-electron chi connectivity index (χ1n) is 5.33. The molecule has 0 fully saturated rings. The highest BCUT2D eigenvalue weighted by Gasteiger charge is 2.34. The van der Waals surface area contributed by atoms with Crippen LogP contribution in [0, 0.1) is 0 Å². The fourth-order valence-corrected chi connectivity index (χ4v) is 2.12. The van der Waals surface area contributed by atoms with Gasteiger partial charge in [0.25, 0.3) is 0 Å². The summed E-state index contributed by atoms with van der Waals surface area (Å²) in [5.41, 5.74) is -0.579. The van der Waals surface area contributed by atoms with Gasteiger partial charge in [-0.3, -0.25) is 0 Å². The predicted molar refractivity (Wildman–Crippen MR) is 65.6 cm³/mol. The summed E-state index contributed by atoms with van der Waals surface area (Å²) < 4.78 is 40.9. The minimum Gasteiger partial charge on any atom is -0.303 e. The van der Waals surface area contributed by atoms with Gasteiger partial charge in [-0.2, -0.15) is 13.2 Å². The van der Waals surface area contributed by atoms with Crippen molar-refractivity contribution in [2.45, 2.75) is 19.5 Å². The summed E-state index contributed by atoms with van der Waals surface area (Å²) in [7, 11) is 0. The largest absolute Gasteiger partial charge is 0.418 e. The number of alkyl halides is 3. The Bertz CT molecular complexity index is 561. The van der Waals surface area contributed by atoms with Crippen LogP contribution in [0.1, 0.15) is 18.3 Å². The van der Waals surface area contributed by atoms with E-state index in [1.165, 1.54) is 23.0 Å². The zero-order valence-corrected chi connectivity index (χ0v) is 11.1. The van der Waals surface area contributed by atoms with Crippen molar-refractivity contribution in [3.8, 4) is 5.69 Å². The highest BCUT2D eigenvalue weighted by Crippen LogP contribution is 2.35. The van der Waals surface area contributed by atoms with Crippen LogP contribution in [-0.4, -0.2) is 9.55 Å². The van der Waals surface area contributed by atoms with Gasteiger partial charge < -0.3 is 4.57 Å². The molecular weight excluding hydrogens is 309 g/mol. The monoisotopic (exact) mass is 318 g/mol. The van der Waals surface area contributed by atoms with Crippen LogP contribution in [-0.2, 0) is 12.6 Å². The molecule has 0 aliphatic rings. The van der Waals surface area contributed by atoms with Gasteiger partial charge in [0, 0.05) is 23.3 Å². The second-order valence-corrected chi connectivity index (χ2v) is 4.64. The fourth-order valence-electron chi connectivity index (χ4n) is 1.76. The van der Waals surface area contributed by atoms with Gasteiger partial charge in [-0.25, -0.2) is 4.98 Å². The van der Waals surface area contributed by atoms with Crippen molar-refractivity contribution in [2.75, 3.05) is 0 Å². The maximum absolute atomic E-state index is 13.0. The van der Waals surface area contributed by atoms with Gasteiger partial charge >= 0.3 is 6.18 Å². The summed E-state index contributed by atoms with van der Waals surface area (Å²) in [6.45, 7) is 1.85. The highest BCUT2D eigenvalue weighted by molar-refractivity contribution is 9.10. The smallest absolute Gasteiger partial charge is 0.303 e. The molecule has 2 nitrogen and oxygen atoms in total. The van der Waals surface area contributed by atoms with E-state index in [1.54, 1.807) is 6.07 Å². The number of aromatic nitrogens is 2. The normalized spacial score (nSPS) is 11.8.